The number of benzene rings is 4. The van der Waals surface area contributed by atoms with Gasteiger partial charge >= 0.3 is 0 Å². The summed E-state index contributed by atoms with van der Waals surface area (Å²) in [6, 6.07) is 47.5. The molecule has 0 fully saturated rings. The van der Waals surface area contributed by atoms with Crippen LogP contribution in [0.2, 0.25) is 0 Å². The van der Waals surface area contributed by atoms with Gasteiger partial charge in [0.25, 0.3) is 0 Å². The lowest BCUT2D eigenvalue weighted by molar-refractivity contribution is 0.422. The van der Waals surface area contributed by atoms with Crippen LogP contribution in [0.15, 0.2) is 218 Å². The van der Waals surface area contributed by atoms with Gasteiger partial charge in [0.05, 0.1) is 28.1 Å². The first-order valence-corrected chi connectivity index (χ1v) is 19.9. The molecule has 3 aliphatic carbocycles. The second-order valence-corrected chi connectivity index (χ2v) is 15.5. The zero-order valence-corrected chi connectivity index (χ0v) is 32.0. The van der Waals surface area contributed by atoms with Gasteiger partial charge in [-0.25, -0.2) is 4.98 Å². The van der Waals surface area contributed by atoms with Crippen LogP contribution >= 0.6 is 0 Å². The fourth-order valence-corrected chi connectivity index (χ4v) is 9.14. The molecule has 0 amide bonds. The van der Waals surface area contributed by atoms with Crippen molar-refractivity contribution >= 4 is 27.4 Å². The Hall–Kier alpha value is -7.43. The molecule has 0 saturated carbocycles. The Morgan fingerprint density at radius 3 is 2.19 bits per heavy atom. The Morgan fingerprint density at radius 1 is 0.552 bits per heavy atom. The molecular formula is C54H38N4. The summed E-state index contributed by atoms with van der Waals surface area (Å²) in [6.45, 7) is 2.35. The van der Waals surface area contributed by atoms with Gasteiger partial charge in [-0.05, 0) is 94.1 Å². The van der Waals surface area contributed by atoms with Gasteiger partial charge in [0, 0.05) is 63.1 Å². The molecule has 0 bridgehead atoms. The maximum atomic E-state index is 5.41. The molecule has 0 spiro atoms. The number of nitrogens with zero attached hydrogens (tertiary/aromatic N) is 4. The molecule has 4 heteroatoms. The molecule has 0 aliphatic heterocycles. The van der Waals surface area contributed by atoms with Crippen LogP contribution in [0, 0.1) is 11.3 Å². The summed E-state index contributed by atoms with van der Waals surface area (Å²) in [5.74, 6) is 0.279. The highest BCUT2D eigenvalue weighted by molar-refractivity contribution is 6.10. The minimum Gasteiger partial charge on any atom is -0.309 e. The topological polar surface area (TPSA) is 43.6 Å². The molecule has 0 radical (unpaired) electrons. The van der Waals surface area contributed by atoms with Crippen molar-refractivity contribution in [3.05, 3.63) is 224 Å². The van der Waals surface area contributed by atoms with Gasteiger partial charge in [-0.1, -0.05) is 134 Å². The van der Waals surface area contributed by atoms with Crippen LogP contribution in [0.25, 0.3) is 77.8 Å². The van der Waals surface area contributed by atoms with Crippen molar-refractivity contribution in [1.29, 1.82) is 0 Å². The number of fused-ring (bicyclic) bond motifs is 6. The van der Waals surface area contributed by atoms with E-state index in [1.807, 2.05) is 30.7 Å². The third-order valence-corrected chi connectivity index (χ3v) is 12.1. The van der Waals surface area contributed by atoms with Crippen LogP contribution in [-0.2, 0) is 0 Å². The summed E-state index contributed by atoms with van der Waals surface area (Å²) in [5.41, 5.74) is 16.5. The molecule has 4 nitrogen and oxygen atoms in total. The number of aromatic nitrogens is 4. The van der Waals surface area contributed by atoms with E-state index in [4.69, 9.17) is 9.97 Å². The van der Waals surface area contributed by atoms with Crippen molar-refractivity contribution in [1.82, 2.24) is 19.5 Å². The van der Waals surface area contributed by atoms with Gasteiger partial charge in [0.15, 0.2) is 0 Å². The van der Waals surface area contributed by atoms with Crippen molar-refractivity contribution in [3.8, 4) is 50.5 Å². The number of hydrogen-bond acceptors (Lipinski definition) is 3. The van der Waals surface area contributed by atoms with E-state index in [2.05, 4.69) is 192 Å². The third-order valence-electron chi connectivity index (χ3n) is 12.1. The van der Waals surface area contributed by atoms with Crippen molar-refractivity contribution in [2.24, 2.45) is 11.3 Å². The molecule has 8 aromatic rings. The molecule has 4 aromatic carbocycles. The van der Waals surface area contributed by atoms with Gasteiger partial charge in [-0.15, -0.1) is 0 Å². The lowest BCUT2D eigenvalue weighted by Crippen LogP contribution is -2.32. The standard InChI is InChI=1S/C54H38N4/c1-54-27-9-7-18-48(54)45(32-41-14-5-6-17-47(41)54)51-34-42(49-19-8-10-28-56-49)33-50(57-51)38-22-20-37(21-23-38)40-24-25-52-44(31-40)46-35-55-29-26-53(46)58(52)43-16-11-15-39(30-43)36-12-3-2-4-13-36/h2-35,47H,1H3. The Labute approximate surface area is 337 Å². The van der Waals surface area contributed by atoms with E-state index >= 15 is 0 Å². The summed E-state index contributed by atoms with van der Waals surface area (Å²) in [7, 11) is 0. The molecule has 4 aromatic heterocycles. The third kappa shape index (κ3) is 5.64. The van der Waals surface area contributed by atoms with E-state index in [0.717, 1.165) is 67.0 Å². The van der Waals surface area contributed by atoms with Crippen LogP contribution in [-0.4, -0.2) is 19.5 Å². The largest absolute Gasteiger partial charge is 0.309 e. The normalized spacial score (nSPS) is 18.1. The number of hydrogen-bond donors (Lipinski definition) is 0. The summed E-state index contributed by atoms with van der Waals surface area (Å²) >= 11 is 0. The molecule has 4 heterocycles. The first-order valence-electron chi connectivity index (χ1n) is 19.9. The molecule has 2 atom stereocenters. The Balaban J connectivity index is 0.998. The Kier molecular flexibility index (Phi) is 7.97. The predicted octanol–water partition coefficient (Wildman–Crippen LogP) is 13.2. The van der Waals surface area contributed by atoms with Gasteiger partial charge < -0.3 is 4.57 Å². The first kappa shape index (κ1) is 33.9. The summed E-state index contributed by atoms with van der Waals surface area (Å²) in [4.78, 5) is 14.7. The highest BCUT2D eigenvalue weighted by Crippen LogP contribution is 2.52. The average Bonchev–Trinajstić information content (AvgIpc) is 3.63. The van der Waals surface area contributed by atoms with Crippen molar-refractivity contribution in [2.75, 3.05) is 0 Å². The number of allylic oxidation sites excluding steroid dienone is 12. The smallest absolute Gasteiger partial charge is 0.0719 e. The molecule has 0 saturated heterocycles. The van der Waals surface area contributed by atoms with Crippen molar-refractivity contribution in [2.45, 2.75) is 6.92 Å². The van der Waals surface area contributed by atoms with Gasteiger partial charge in [-0.3, -0.25) is 9.97 Å². The molecule has 0 N–H and O–H groups in total. The maximum absolute atomic E-state index is 5.41. The monoisotopic (exact) mass is 742 g/mol. The molecule has 3 aliphatic rings. The summed E-state index contributed by atoms with van der Waals surface area (Å²) < 4.78 is 2.35. The van der Waals surface area contributed by atoms with Crippen molar-refractivity contribution < 1.29 is 0 Å². The van der Waals surface area contributed by atoms with Crippen LogP contribution in [0.4, 0.5) is 0 Å². The first-order chi connectivity index (χ1) is 28.6. The fourth-order valence-electron chi connectivity index (χ4n) is 9.14. The highest BCUT2D eigenvalue weighted by atomic mass is 15.0. The molecule has 274 valence electrons. The zero-order valence-electron chi connectivity index (χ0n) is 32.0. The van der Waals surface area contributed by atoms with Crippen LogP contribution in [0.3, 0.4) is 0 Å². The van der Waals surface area contributed by atoms with Gasteiger partial charge in [0.1, 0.15) is 0 Å². The lowest BCUT2D eigenvalue weighted by Gasteiger charge is -2.42. The summed E-state index contributed by atoms with van der Waals surface area (Å²) in [5, 5.41) is 2.30. The Bertz CT molecular complexity index is 3100. The van der Waals surface area contributed by atoms with E-state index in [-0.39, 0.29) is 11.3 Å². The van der Waals surface area contributed by atoms with Crippen molar-refractivity contribution in [3.63, 3.8) is 0 Å². The quantitative estimate of drug-likeness (QED) is 0.170. The van der Waals surface area contributed by atoms with E-state index in [0.29, 0.717) is 0 Å². The zero-order chi connectivity index (χ0) is 38.6. The second-order valence-electron chi connectivity index (χ2n) is 15.5. The van der Waals surface area contributed by atoms with Crippen LogP contribution in [0.1, 0.15) is 12.6 Å². The minimum absolute atomic E-state index is 0.171. The molecule has 2 unspecified atom stereocenters. The SMILES string of the molecule is CC12C=CC=CC1=C(c1cc(-c3ccccn3)cc(-c3ccc(-c4ccc5c(c4)c4cnccc4n5-c4cccc(-c5ccccc5)c4)cc3)n1)C=C1C=CC=CC12. The van der Waals surface area contributed by atoms with E-state index in [9.17, 15) is 0 Å². The van der Waals surface area contributed by atoms with Crippen LogP contribution < -0.4 is 0 Å². The fraction of sp³-hybridized carbons (Fsp3) is 0.0556. The second kappa shape index (κ2) is 13.6. The minimum atomic E-state index is -0.171. The molecular weight excluding hydrogens is 705 g/mol. The van der Waals surface area contributed by atoms with E-state index in [1.54, 1.807) is 0 Å². The van der Waals surface area contributed by atoms with Crippen LogP contribution in [0.5, 0.6) is 0 Å². The van der Waals surface area contributed by atoms with E-state index in [1.165, 1.54) is 27.7 Å². The maximum Gasteiger partial charge on any atom is 0.0719 e. The predicted molar refractivity (Wildman–Crippen MR) is 239 cm³/mol. The summed E-state index contributed by atoms with van der Waals surface area (Å²) in [6.07, 6.45) is 25.9. The van der Waals surface area contributed by atoms with Gasteiger partial charge in [-0.2, -0.15) is 0 Å². The number of rotatable bonds is 6. The average molecular weight is 743 g/mol. The Morgan fingerprint density at radius 2 is 1.31 bits per heavy atom. The van der Waals surface area contributed by atoms with Gasteiger partial charge in [0.2, 0.25) is 0 Å². The number of pyridine rings is 3. The lowest BCUT2D eigenvalue weighted by atomic mass is 9.61. The molecule has 11 rings (SSSR count). The molecule has 58 heavy (non-hydrogen) atoms. The van der Waals surface area contributed by atoms with E-state index < -0.39 is 0 Å². The highest BCUT2D eigenvalue weighted by Gasteiger charge is 2.40.